The molecule has 0 aromatic carbocycles. The molecule has 0 saturated heterocycles. The van der Waals surface area contributed by atoms with Crippen molar-refractivity contribution in [3.63, 3.8) is 0 Å². The summed E-state index contributed by atoms with van der Waals surface area (Å²) in [7, 11) is 1.82. The highest BCUT2D eigenvalue weighted by molar-refractivity contribution is 4.78. The summed E-state index contributed by atoms with van der Waals surface area (Å²) in [5.41, 5.74) is 0. The van der Waals surface area contributed by atoms with Gasteiger partial charge in [0, 0.05) is 20.6 Å². The predicted molar refractivity (Wildman–Crippen MR) is 53.4 cm³/mol. The standard InChI is InChI=1S/C10H21NO.H2/c1-8(2)11-9-4-6-10(12-3)7-5-9;/h8-11H,4-7H2,1-3H3;1H. The summed E-state index contributed by atoms with van der Waals surface area (Å²) in [5.74, 6) is 0. The first-order valence-electron chi connectivity index (χ1n) is 5.01. The van der Waals surface area contributed by atoms with Crippen LogP contribution in [0, 0.1) is 0 Å². The molecule has 0 unspecified atom stereocenters. The van der Waals surface area contributed by atoms with Gasteiger partial charge in [-0.3, -0.25) is 0 Å². The monoisotopic (exact) mass is 173 g/mol. The van der Waals surface area contributed by atoms with Gasteiger partial charge >= 0.3 is 0 Å². The molecule has 1 fully saturated rings. The Hall–Kier alpha value is -0.0800. The minimum Gasteiger partial charge on any atom is -0.381 e. The van der Waals surface area contributed by atoms with Gasteiger partial charge in [0.1, 0.15) is 0 Å². The van der Waals surface area contributed by atoms with Crippen LogP contribution in [0.15, 0.2) is 0 Å². The number of hydrogen-bond donors (Lipinski definition) is 1. The maximum atomic E-state index is 5.32. The van der Waals surface area contributed by atoms with Crippen LogP contribution in [0.3, 0.4) is 0 Å². The van der Waals surface area contributed by atoms with Crippen molar-refractivity contribution in [3.8, 4) is 0 Å². The fraction of sp³-hybridized carbons (Fsp3) is 1.00. The third-order valence-electron chi connectivity index (χ3n) is 2.58. The Kier molecular flexibility index (Phi) is 4.02. The summed E-state index contributed by atoms with van der Waals surface area (Å²) in [6.45, 7) is 4.42. The lowest BCUT2D eigenvalue weighted by Crippen LogP contribution is -2.38. The number of ether oxygens (including phenoxy) is 1. The van der Waals surface area contributed by atoms with Gasteiger partial charge in [-0.05, 0) is 25.7 Å². The second-order valence-corrected chi connectivity index (χ2v) is 4.03. The van der Waals surface area contributed by atoms with Gasteiger partial charge in [-0.15, -0.1) is 0 Å². The molecule has 1 aliphatic carbocycles. The van der Waals surface area contributed by atoms with Crippen molar-refractivity contribution in [2.75, 3.05) is 7.11 Å². The van der Waals surface area contributed by atoms with Crippen LogP contribution in [0.2, 0.25) is 0 Å². The molecule has 0 aliphatic heterocycles. The van der Waals surface area contributed by atoms with E-state index in [0.717, 1.165) is 6.04 Å². The fourth-order valence-electron chi connectivity index (χ4n) is 1.94. The van der Waals surface area contributed by atoms with Crippen LogP contribution in [0.25, 0.3) is 0 Å². The molecular weight excluding hydrogens is 150 g/mol. The molecule has 0 atom stereocenters. The molecule has 1 rings (SSSR count). The maximum Gasteiger partial charge on any atom is 0.0572 e. The zero-order valence-corrected chi connectivity index (χ0v) is 8.47. The van der Waals surface area contributed by atoms with E-state index < -0.39 is 0 Å². The first-order chi connectivity index (χ1) is 5.72. The van der Waals surface area contributed by atoms with Crippen molar-refractivity contribution in [3.05, 3.63) is 0 Å². The molecule has 0 aromatic heterocycles. The summed E-state index contributed by atoms with van der Waals surface area (Å²) >= 11 is 0. The van der Waals surface area contributed by atoms with E-state index in [1.165, 1.54) is 25.7 Å². The normalized spacial score (nSPS) is 31.0. The van der Waals surface area contributed by atoms with Crippen molar-refractivity contribution in [2.45, 2.75) is 57.7 Å². The summed E-state index contributed by atoms with van der Waals surface area (Å²) in [6, 6.07) is 1.35. The molecule has 1 saturated carbocycles. The summed E-state index contributed by atoms with van der Waals surface area (Å²) in [6.07, 6.45) is 5.52. The van der Waals surface area contributed by atoms with Gasteiger partial charge in [0.15, 0.2) is 0 Å². The third-order valence-corrected chi connectivity index (χ3v) is 2.58. The van der Waals surface area contributed by atoms with Crippen LogP contribution in [0.4, 0.5) is 0 Å². The topological polar surface area (TPSA) is 21.3 Å². The predicted octanol–water partition coefficient (Wildman–Crippen LogP) is 2.19. The minimum atomic E-state index is 0. The highest BCUT2D eigenvalue weighted by Crippen LogP contribution is 2.20. The van der Waals surface area contributed by atoms with Gasteiger partial charge in [-0.25, -0.2) is 0 Å². The second kappa shape index (κ2) is 4.83. The molecule has 2 heteroatoms. The lowest BCUT2D eigenvalue weighted by molar-refractivity contribution is 0.0616. The lowest BCUT2D eigenvalue weighted by Gasteiger charge is -2.29. The van der Waals surface area contributed by atoms with Gasteiger partial charge in [0.2, 0.25) is 0 Å². The van der Waals surface area contributed by atoms with Gasteiger partial charge in [0.25, 0.3) is 0 Å². The van der Waals surface area contributed by atoms with Crippen LogP contribution in [-0.2, 0) is 4.74 Å². The quantitative estimate of drug-likeness (QED) is 0.706. The zero-order chi connectivity index (χ0) is 8.97. The van der Waals surface area contributed by atoms with Crippen molar-refractivity contribution in [1.29, 1.82) is 0 Å². The van der Waals surface area contributed by atoms with E-state index in [0.29, 0.717) is 12.1 Å². The number of rotatable bonds is 3. The highest BCUT2D eigenvalue weighted by atomic mass is 16.5. The molecule has 0 spiro atoms. The van der Waals surface area contributed by atoms with Gasteiger partial charge in [0.05, 0.1) is 6.10 Å². The Balaban J connectivity index is 0.00000144. The molecular formula is C10H23NO. The Morgan fingerprint density at radius 1 is 1.25 bits per heavy atom. The van der Waals surface area contributed by atoms with E-state index in [1.54, 1.807) is 0 Å². The van der Waals surface area contributed by atoms with E-state index in [9.17, 15) is 0 Å². The van der Waals surface area contributed by atoms with Crippen molar-refractivity contribution < 1.29 is 6.16 Å². The van der Waals surface area contributed by atoms with Crippen molar-refractivity contribution in [1.82, 2.24) is 5.32 Å². The number of hydrogen-bond acceptors (Lipinski definition) is 2. The van der Waals surface area contributed by atoms with Gasteiger partial charge in [-0.1, -0.05) is 13.8 Å². The molecule has 0 heterocycles. The molecule has 0 amide bonds. The molecule has 12 heavy (non-hydrogen) atoms. The Bertz CT molecular complexity index is 122. The maximum absolute atomic E-state index is 5.32. The average molecular weight is 173 g/mol. The summed E-state index contributed by atoms with van der Waals surface area (Å²) < 4.78 is 5.32. The fourth-order valence-corrected chi connectivity index (χ4v) is 1.94. The molecule has 2 nitrogen and oxygen atoms in total. The number of nitrogens with one attached hydrogen (secondary N) is 1. The van der Waals surface area contributed by atoms with E-state index in [1.807, 2.05) is 7.11 Å². The van der Waals surface area contributed by atoms with E-state index in [4.69, 9.17) is 4.74 Å². The molecule has 0 bridgehead atoms. The van der Waals surface area contributed by atoms with Crippen LogP contribution >= 0.6 is 0 Å². The molecule has 1 aliphatic rings. The molecule has 74 valence electrons. The van der Waals surface area contributed by atoms with Crippen LogP contribution in [-0.4, -0.2) is 25.3 Å². The lowest BCUT2D eigenvalue weighted by atomic mass is 9.92. The molecule has 0 radical (unpaired) electrons. The first-order valence-corrected chi connectivity index (χ1v) is 5.01. The average Bonchev–Trinajstić information content (AvgIpc) is 2.05. The Morgan fingerprint density at radius 2 is 1.83 bits per heavy atom. The number of methoxy groups -OCH3 is 1. The third kappa shape index (κ3) is 3.11. The van der Waals surface area contributed by atoms with E-state index >= 15 is 0 Å². The van der Waals surface area contributed by atoms with Crippen LogP contribution in [0.1, 0.15) is 41.0 Å². The van der Waals surface area contributed by atoms with Crippen LogP contribution < -0.4 is 5.32 Å². The summed E-state index contributed by atoms with van der Waals surface area (Å²) in [5, 5.41) is 3.57. The van der Waals surface area contributed by atoms with Gasteiger partial charge in [-0.2, -0.15) is 0 Å². The Labute approximate surface area is 77.2 Å². The van der Waals surface area contributed by atoms with Crippen molar-refractivity contribution >= 4 is 0 Å². The van der Waals surface area contributed by atoms with Gasteiger partial charge < -0.3 is 10.1 Å². The van der Waals surface area contributed by atoms with Crippen LogP contribution in [0.5, 0.6) is 0 Å². The molecule has 0 aromatic rings. The minimum absolute atomic E-state index is 0. The Morgan fingerprint density at radius 3 is 2.25 bits per heavy atom. The SMILES string of the molecule is COC1CCC(NC(C)C)CC1.[HH]. The van der Waals surface area contributed by atoms with E-state index in [-0.39, 0.29) is 1.43 Å². The molecule has 1 N–H and O–H groups in total. The van der Waals surface area contributed by atoms with Crippen molar-refractivity contribution in [2.24, 2.45) is 0 Å². The zero-order valence-electron chi connectivity index (χ0n) is 8.47. The highest BCUT2D eigenvalue weighted by Gasteiger charge is 2.20. The largest absolute Gasteiger partial charge is 0.381 e. The summed E-state index contributed by atoms with van der Waals surface area (Å²) in [4.78, 5) is 0. The first kappa shape index (κ1) is 10.0. The smallest absolute Gasteiger partial charge is 0.0572 e. The van der Waals surface area contributed by atoms with E-state index in [2.05, 4.69) is 19.2 Å². The second-order valence-electron chi connectivity index (χ2n) is 4.03.